The molecule has 0 spiro atoms. The quantitative estimate of drug-likeness (QED) is 0.688. The predicted octanol–water partition coefficient (Wildman–Crippen LogP) is 3.79. The molecular formula is C21H19NO4. The molecule has 5 nitrogen and oxygen atoms in total. The van der Waals surface area contributed by atoms with Crippen LogP contribution in [0.2, 0.25) is 0 Å². The topological polar surface area (TPSA) is 64.6 Å². The van der Waals surface area contributed by atoms with Crippen molar-refractivity contribution in [2.45, 2.75) is 13.0 Å². The number of esters is 1. The number of amides is 1. The van der Waals surface area contributed by atoms with Crippen molar-refractivity contribution in [3.8, 4) is 5.75 Å². The SMILES string of the molecule is C[C@H](Oc1ccccc1)C(=O)OCC(=O)Nc1ccc2ccccc2c1. The summed E-state index contributed by atoms with van der Waals surface area (Å²) in [6, 6.07) is 22.4. The van der Waals surface area contributed by atoms with E-state index in [1.54, 1.807) is 19.1 Å². The van der Waals surface area contributed by atoms with Gasteiger partial charge in [-0.2, -0.15) is 0 Å². The van der Waals surface area contributed by atoms with Crippen molar-refractivity contribution in [1.82, 2.24) is 0 Å². The molecule has 26 heavy (non-hydrogen) atoms. The molecule has 0 aliphatic rings. The minimum atomic E-state index is -0.800. The average Bonchev–Trinajstić information content (AvgIpc) is 2.66. The summed E-state index contributed by atoms with van der Waals surface area (Å²) in [6.07, 6.45) is -0.800. The van der Waals surface area contributed by atoms with Crippen molar-refractivity contribution >= 4 is 28.3 Å². The Balaban J connectivity index is 1.50. The molecule has 0 heterocycles. The van der Waals surface area contributed by atoms with Gasteiger partial charge in [0.1, 0.15) is 5.75 Å². The second-order valence-electron chi connectivity index (χ2n) is 5.79. The zero-order chi connectivity index (χ0) is 18.4. The molecule has 3 rings (SSSR count). The van der Waals surface area contributed by atoms with E-state index in [1.165, 1.54) is 0 Å². The van der Waals surface area contributed by atoms with Crippen LogP contribution in [0.25, 0.3) is 10.8 Å². The molecule has 0 saturated heterocycles. The second kappa shape index (κ2) is 8.16. The molecule has 0 aromatic heterocycles. The molecule has 3 aromatic carbocycles. The van der Waals surface area contributed by atoms with Gasteiger partial charge in [-0.25, -0.2) is 4.79 Å². The highest BCUT2D eigenvalue weighted by atomic mass is 16.6. The first kappa shape index (κ1) is 17.5. The number of carbonyl (C=O) groups excluding carboxylic acids is 2. The number of para-hydroxylation sites is 1. The highest BCUT2D eigenvalue weighted by Crippen LogP contribution is 2.18. The fraction of sp³-hybridized carbons (Fsp3) is 0.143. The predicted molar refractivity (Wildman–Crippen MR) is 100 cm³/mol. The van der Waals surface area contributed by atoms with Gasteiger partial charge in [0, 0.05) is 5.69 Å². The number of carbonyl (C=O) groups is 2. The van der Waals surface area contributed by atoms with E-state index in [0.29, 0.717) is 11.4 Å². The van der Waals surface area contributed by atoms with E-state index in [1.807, 2.05) is 60.7 Å². The van der Waals surface area contributed by atoms with E-state index < -0.39 is 18.0 Å². The maximum absolute atomic E-state index is 12.0. The molecule has 0 saturated carbocycles. The summed E-state index contributed by atoms with van der Waals surface area (Å²) in [5.41, 5.74) is 0.651. The monoisotopic (exact) mass is 349 g/mol. The van der Waals surface area contributed by atoms with E-state index in [2.05, 4.69) is 5.32 Å². The number of nitrogens with one attached hydrogen (secondary N) is 1. The van der Waals surface area contributed by atoms with Crippen molar-refractivity contribution in [2.75, 3.05) is 11.9 Å². The van der Waals surface area contributed by atoms with Gasteiger partial charge in [0.05, 0.1) is 0 Å². The molecule has 0 radical (unpaired) electrons. The van der Waals surface area contributed by atoms with Crippen molar-refractivity contribution in [3.05, 3.63) is 72.8 Å². The van der Waals surface area contributed by atoms with Crippen LogP contribution < -0.4 is 10.1 Å². The van der Waals surface area contributed by atoms with Crippen molar-refractivity contribution in [2.24, 2.45) is 0 Å². The van der Waals surface area contributed by atoms with E-state index in [0.717, 1.165) is 10.8 Å². The largest absolute Gasteiger partial charge is 0.479 e. The summed E-state index contributed by atoms with van der Waals surface area (Å²) in [5, 5.41) is 4.83. The first-order valence-electron chi connectivity index (χ1n) is 8.29. The lowest BCUT2D eigenvalue weighted by Gasteiger charge is -2.14. The van der Waals surface area contributed by atoms with Gasteiger partial charge in [-0.05, 0) is 42.0 Å². The van der Waals surface area contributed by atoms with E-state index in [9.17, 15) is 9.59 Å². The van der Waals surface area contributed by atoms with Crippen LogP contribution >= 0.6 is 0 Å². The number of anilines is 1. The molecule has 0 aliphatic heterocycles. The summed E-state index contributed by atoms with van der Waals surface area (Å²) >= 11 is 0. The highest BCUT2D eigenvalue weighted by molar-refractivity contribution is 5.95. The van der Waals surface area contributed by atoms with Gasteiger partial charge in [0.15, 0.2) is 12.7 Å². The molecular weight excluding hydrogens is 330 g/mol. The third kappa shape index (κ3) is 4.60. The summed E-state index contributed by atoms with van der Waals surface area (Å²) in [5.74, 6) is -0.430. The standard InChI is InChI=1S/C21H19NO4/c1-15(26-19-9-3-2-4-10-19)21(24)25-14-20(23)22-18-12-11-16-7-5-6-8-17(16)13-18/h2-13,15H,14H2,1H3,(H,22,23)/t15-/m0/s1. The normalized spacial score (nSPS) is 11.6. The van der Waals surface area contributed by atoms with Gasteiger partial charge in [0.2, 0.25) is 0 Å². The van der Waals surface area contributed by atoms with Gasteiger partial charge >= 0.3 is 5.97 Å². The number of hydrogen-bond acceptors (Lipinski definition) is 4. The number of fused-ring (bicyclic) bond motifs is 1. The first-order chi connectivity index (χ1) is 12.6. The number of ether oxygens (including phenoxy) is 2. The molecule has 132 valence electrons. The van der Waals surface area contributed by atoms with Crippen LogP contribution in [0.5, 0.6) is 5.75 Å². The average molecular weight is 349 g/mol. The lowest BCUT2D eigenvalue weighted by atomic mass is 10.1. The van der Waals surface area contributed by atoms with Crippen LogP contribution in [0.1, 0.15) is 6.92 Å². The molecule has 0 aliphatic carbocycles. The van der Waals surface area contributed by atoms with Crippen LogP contribution in [-0.4, -0.2) is 24.6 Å². The Labute approximate surface area is 151 Å². The summed E-state index contributed by atoms with van der Waals surface area (Å²) in [4.78, 5) is 24.0. The van der Waals surface area contributed by atoms with E-state index >= 15 is 0 Å². The molecule has 0 unspecified atom stereocenters. The third-order valence-electron chi connectivity index (χ3n) is 3.77. The molecule has 1 N–H and O–H groups in total. The maximum Gasteiger partial charge on any atom is 0.347 e. The summed E-state index contributed by atoms with van der Waals surface area (Å²) in [7, 11) is 0. The van der Waals surface area contributed by atoms with Gasteiger partial charge in [-0.3, -0.25) is 4.79 Å². The Hall–Kier alpha value is -3.34. The van der Waals surface area contributed by atoms with Crippen LogP contribution in [0.3, 0.4) is 0 Å². The van der Waals surface area contributed by atoms with Gasteiger partial charge in [-0.15, -0.1) is 0 Å². The fourth-order valence-electron chi connectivity index (χ4n) is 2.47. The van der Waals surface area contributed by atoms with Crippen LogP contribution in [-0.2, 0) is 14.3 Å². The molecule has 1 atom stereocenters. The lowest BCUT2D eigenvalue weighted by Crippen LogP contribution is -2.29. The van der Waals surface area contributed by atoms with E-state index in [-0.39, 0.29) is 6.61 Å². The minimum Gasteiger partial charge on any atom is -0.479 e. The Morgan fingerprint density at radius 3 is 2.38 bits per heavy atom. The zero-order valence-electron chi connectivity index (χ0n) is 14.3. The lowest BCUT2D eigenvalue weighted by molar-refractivity contribution is -0.153. The summed E-state index contributed by atoms with van der Waals surface area (Å²) < 4.78 is 10.5. The van der Waals surface area contributed by atoms with Crippen molar-refractivity contribution < 1.29 is 19.1 Å². The smallest absolute Gasteiger partial charge is 0.347 e. The molecule has 3 aromatic rings. The van der Waals surface area contributed by atoms with Crippen LogP contribution in [0.4, 0.5) is 5.69 Å². The Bertz CT molecular complexity index is 908. The molecule has 1 amide bonds. The Morgan fingerprint density at radius 2 is 1.62 bits per heavy atom. The second-order valence-corrected chi connectivity index (χ2v) is 5.79. The fourth-order valence-corrected chi connectivity index (χ4v) is 2.47. The zero-order valence-corrected chi connectivity index (χ0v) is 14.3. The molecule has 0 fully saturated rings. The van der Waals surface area contributed by atoms with Gasteiger partial charge in [0.25, 0.3) is 5.91 Å². The third-order valence-corrected chi connectivity index (χ3v) is 3.77. The Kier molecular flexibility index (Phi) is 5.49. The molecule has 5 heteroatoms. The van der Waals surface area contributed by atoms with Gasteiger partial charge < -0.3 is 14.8 Å². The van der Waals surface area contributed by atoms with Crippen LogP contribution in [0, 0.1) is 0 Å². The Morgan fingerprint density at radius 1 is 0.923 bits per heavy atom. The first-order valence-corrected chi connectivity index (χ1v) is 8.29. The molecule has 0 bridgehead atoms. The highest BCUT2D eigenvalue weighted by Gasteiger charge is 2.17. The number of benzene rings is 3. The minimum absolute atomic E-state index is 0.367. The van der Waals surface area contributed by atoms with Crippen molar-refractivity contribution in [3.63, 3.8) is 0 Å². The van der Waals surface area contributed by atoms with Gasteiger partial charge in [-0.1, -0.05) is 48.5 Å². The summed E-state index contributed by atoms with van der Waals surface area (Å²) in [6.45, 7) is 1.21. The number of rotatable bonds is 6. The van der Waals surface area contributed by atoms with Crippen LogP contribution in [0.15, 0.2) is 72.8 Å². The number of hydrogen-bond donors (Lipinski definition) is 1. The van der Waals surface area contributed by atoms with Crippen molar-refractivity contribution in [1.29, 1.82) is 0 Å². The maximum atomic E-state index is 12.0. The van der Waals surface area contributed by atoms with E-state index in [4.69, 9.17) is 9.47 Å².